The van der Waals surface area contributed by atoms with Crippen molar-refractivity contribution in [2.45, 2.75) is 50.3 Å². The fraction of sp³-hybridized carbons (Fsp3) is 0.542. The molecule has 34 heavy (non-hydrogen) atoms. The van der Waals surface area contributed by atoms with Crippen molar-refractivity contribution in [2.24, 2.45) is 5.84 Å². The van der Waals surface area contributed by atoms with Gasteiger partial charge in [-0.25, -0.2) is 15.6 Å². The Labute approximate surface area is 203 Å². The first-order valence-corrected chi connectivity index (χ1v) is 12.6. The Kier molecular flexibility index (Phi) is 9.84. The molecule has 2 atom stereocenters. The topological polar surface area (TPSA) is 105 Å². The van der Waals surface area contributed by atoms with Gasteiger partial charge in [-0.2, -0.15) is 8.42 Å². The summed E-state index contributed by atoms with van der Waals surface area (Å²) in [7, 11) is 0.282. The molecule has 1 amide bonds. The van der Waals surface area contributed by atoms with E-state index >= 15 is 0 Å². The van der Waals surface area contributed by atoms with Crippen LogP contribution in [0.3, 0.4) is 0 Å². The third-order valence-electron chi connectivity index (χ3n) is 5.35. The number of aryl methyl sites for hydroxylation is 1. The highest BCUT2D eigenvalue weighted by Crippen LogP contribution is 2.16. The molecule has 0 radical (unpaired) electrons. The summed E-state index contributed by atoms with van der Waals surface area (Å²) in [6.07, 6.45) is 7.59. The minimum absolute atomic E-state index is 0.0326. The van der Waals surface area contributed by atoms with Crippen LogP contribution < -0.4 is 5.84 Å². The minimum atomic E-state index is -3.65. The van der Waals surface area contributed by atoms with Crippen molar-refractivity contribution in [2.75, 3.05) is 40.3 Å². The van der Waals surface area contributed by atoms with Crippen LogP contribution in [0.15, 0.2) is 53.5 Å². The lowest BCUT2D eigenvalue weighted by Gasteiger charge is -2.27. The fourth-order valence-corrected chi connectivity index (χ4v) is 4.17. The van der Waals surface area contributed by atoms with E-state index in [1.807, 2.05) is 64.9 Å². The molecule has 0 aliphatic carbocycles. The molecular formula is C24H38N4O5S. The zero-order valence-corrected chi connectivity index (χ0v) is 21.8. The molecule has 190 valence electrons. The number of hydrazine groups is 1. The van der Waals surface area contributed by atoms with E-state index in [0.29, 0.717) is 6.54 Å². The number of hydrogen-bond donors (Lipinski definition) is 1. The van der Waals surface area contributed by atoms with Gasteiger partial charge in [-0.15, -0.1) is 0 Å². The Bertz CT molecular complexity index is 970. The smallest absolute Gasteiger partial charge is 0.424 e. The number of carbonyl (C=O) groups is 1. The number of nitrogens with zero attached hydrogens (tertiary/aromatic N) is 3. The second-order valence-corrected chi connectivity index (χ2v) is 11.2. The Balaban J connectivity index is 0.000000242. The average Bonchev–Trinajstić information content (AvgIpc) is 3.34. The van der Waals surface area contributed by atoms with Gasteiger partial charge in [-0.3, -0.25) is 14.0 Å². The highest BCUT2D eigenvalue weighted by atomic mass is 32.2. The lowest BCUT2D eigenvalue weighted by atomic mass is 10.2. The largest absolute Gasteiger partial charge is 0.443 e. The molecule has 2 unspecified atom stereocenters. The fourth-order valence-electron chi connectivity index (χ4n) is 3.24. The molecule has 0 fully saturated rings. The summed E-state index contributed by atoms with van der Waals surface area (Å²) in [4.78, 5) is 15.9. The van der Waals surface area contributed by atoms with Crippen LogP contribution in [0, 0.1) is 6.92 Å². The molecule has 2 aliphatic rings. The van der Waals surface area contributed by atoms with Gasteiger partial charge in [0.25, 0.3) is 10.1 Å². The lowest BCUT2D eigenvalue weighted by Crippen LogP contribution is -2.47. The summed E-state index contributed by atoms with van der Waals surface area (Å²) in [5.74, 6) is 5.66. The number of likely N-dealkylation sites (N-methyl/N-ethyl adjacent to an activating group) is 2. The molecular weight excluding hydrogens is 456 g/mol. The maximum atomic E-state index is 11.9. The molecule has 10 heteroatoms. The highest BCUT2D eigenvalue weighted by Gasteiger charge is 2.24. The van der Waals surface area contributed by atoms with Gasteiger partial charge in [0.1, 0.15) is 5.60 Å². The van der Waals surface area contributed by atoms with Crippen molar-refractivity contribution in [3.63, 3.8) is 0 Å². The number of carbonyl (C=O) groups excluding carboxylic acids is 1. The van der Waals surface area contributed by atoms with Crippen LogP contribution in [0.1, 0.15) is 26.3 Å². The maximum absolute atomic E-state index is 11.9. The molecule has 0 bridgehead atoms. The van der Waals surface area contributed by atoms with Gasteiger partial charge in [-0.1, -0.05) is 42.0 Å². The number of ether oxygens (including phenoxy) is 1. The Morgan fingerprint density at radius 3 is 2.06 bits per heavy atom. The van der Waals surface area contributed by atoms with Crippen LogP contribution in [0.2, 0.25) is 0 Å². The molecule has 2 aliphatic heterocycles. The molecule has 0 saturated heterocycles. The van der Waals surface area contributed by atoms with Gasteiger partial charge < -0.3 is 4.74 Å². The van der Waals surface area contributed by atoms with Crippen molar-refractivity contribution in [1.29, 1.82) is 0 Å². The number of benzene rings is 1. The third-order valence-corrected chi connectivity index (χ3v) is 6.65. The van der Waals surface area contributed by atoms with Crippen LogP contribution in [-0.4, -0.2) is 87.3 Å². The molecule has 0 spiro atoms. The molecule has 0 aromatic heterocycles. The van der Waals surface area contributed by atoms with Gasteiger partial charge in [0.15, 0.2) is 0 Å². The van der Waals surface area contributed by atoms with E-state index in [4.69, 9.17) is 14.8 Å². The highest BCUT2D eigenvalue weighted by molar-refractivity contribution is 7.86. The first kappa shape index (κ1) is 28.0. The van der Waals surface area contributed by atoms with Gasteiger partial charge in [0.05, 0.1) is 24.1 Å². The Morgan fingerprint density at radius 2 is 1.59 bits per heavy atom. The monoisotopic (exact) mass is 494 g/mol. The van der Waals surface area contributed by atoms with Crippen LogP contribution in [-0.2, 0) is 19.0 Å². The Morgan fingerprint density at radius 1 is 1.06 bits per heavy atom. The van der Waals surface area contributed by atoms with Crippen LogP contribution >= 0.6 is 0 Å². The second kappa shape index (κ2) is 11.9. The predicted octanol–water partition coefficient (Wildman–Crippen LogP) is 2.54. The van der Waals surface area contributed by atoms with Gasteiger partial charge in [0.2, 0.25) is 0 Å². The van der Waals surface area contributed by atoms with Crippen molar-refractivity contribution in [1.82, 2.24) is 14.8 Å². The van der Waals surface area contributed by atoms with E-state index in [1.165, 1.54) is 0 Å². The van der Waals surface area contributed by atoms with Crippen molar-refractivity contribution < 1.29 is 22.1 Å². The standard InChI is InChI=1S/C13H17NO3S.C11H21N3O2/c1-11-5-7-13(8-6-11)18(15,16)17-10-12-4-3-9-14(12)2;1-11(2,3)16-10(15)14(12)8-9-6-5-7-13(9)4/h3-8,12H,9-10H2,1-2H3;5-6,9H,7-8,12H2,1-4H3. The number of nitrogens with two attached hydrogens (primary N) is 1. The quantitative estimate of drug-likeness (QED) is 0.211. The van der Waals surface area contributed by atoms with E-state index in [2.05, 4.69) is 11.0 Å². The zero-order chi connectivity index (χ0) is 25.5. The summed E-state index contributed by atoms with van der Waals surface area (Å²) >= 11 is 0. The summed E-state index contributed by atoms with van der Waals surface area (Å²) in [6.45, 7) is 9.70. The van der Waals surface area contributed by atoms with Crippen LogP contribution in [0.4, 0.5) is 4.79 Å². The van der Waals surface area contributed by atoms with Crippen LogP contribution in [0.25, 0.3) is 0 Å². The number of amides is 1. The third kappa shape index (κ3) is 8.84. The van der Waals surface area contributed by atoms with E-state index in [1.54, 1.807) is 24.3 Å². The lowest BCUT2D eigenvalue weighted by molar-refractivity contribution is 0.0219. The Hall–Kier alpha value is -2.24. The molecule has 2 heterocycles. The van der Waals surface area contributed by atoms with Gasteiger partial charge in [-0.05, 0) is 53.9 Å². The van der Waals surface area contributed by atoms with E-state index in [9.17, 15) is 13.2 Å². The number of hydrogen-bond acceptors (Lipinski definition) is 8. The first-order chi connectivity index (χ1) is 15.8. The zero-order valence-electron chi connectivity index (χ0n) is 21.0. The molecule has 0 saturated carbocycles. The summed E-state index contributed by atoms with van der Waals surface area (Å²) in [6, 6.07) is 6.87. The van der Waals surface area contributed by atoms with Crippen molar-refractivity contribution in [3.8, 4) is 0 Å². The van der Waals surface area contributed by atoms with Gasteiger partial charge >= 0.3 is 6.09 Å². The number of rotatable bonds is 6. The molecule has 2 N–H and O–H groups in total. The minimum Gasteiger partial charge on any atom is -0.443 e. The van der Waals surface area contributed by atoms with Crippen LogP contribution in [0.5, 0.6) is 0 Å². The van der Waals surface area contributed by atoms with E-state index in [0.717, 1.165) is 23.7 Å². The molecule has 9 nitrogen and oxygen atoms in total. The van der Waals surface area contributed by atoms with Gasteiger partial charge in [0, 0.05) is 19.1 Å². The maximum Gasteiger partial charge on any atom is 0.424 e. The molecule has 1 aromatic carbocycles. The summed E-state index contributed by atoms with van der Waals surface area (Å²) in [5.41, 5.74) is 0.513. The molecule has 3 rings (SSSR count). The van der Waals surface area contributed by atoms with Crippen molar-refractivity contribution >= 4 is 16.2 Å². The predicted molar refractivity (Wildman–Crippen MR) is 133 cm³/mol. The summed E-state index contributed by atoms with van der Waals surface area (Å²) < 4.78 is 34.1. The van der Waals surface area contributed by atoms with Crippen molar-refractivity contribution in [3.05, 3.63) is 54.1 Å². The second-order valence-electron chi connectivity index (χ2n) is 9.55. The van der Waals surface area contributed by atoms with E-state index < -0.39 is 21.8 Å². The molecule has 1 aromatic rings. The SMILES string of the molecule is CN1CC=CC1CN(N)C(=O)OC(C)(C)C.Cc1ccc(S(=O)(=O)OCC2C=CCN2C)cc1. The summed E-state index contributed by atoms with van der Waals surface area (Å²) in [5, 5.41) is 1.13. The first-order valence-electron chi connectivity index (χ1n) is 11.2. The van der Waals surface area contributed by atoms with E-state index in [-0.39, 0.29) is 23.6 Å². The normalized spacial score (nSPS) is 20.8. The average molecular weight is 495 g/mol.